The first-order valence-corrected chi connectivity index (χ1v) is 6.70. The second-order valence-electron chi connectivity index (χ2n) is 5.21. The molecule has 0 amide bonds. The zero-order valence-electron chi connectivity index (χ0n) is 10.2. The van der Waals surface area contributed by atoms with Crippen molar-refractivity contribution in [1.82, 2.24) is 4.90 Å². The van der Waals surface area contributed by atoms with Crippen molar-refractivity contribution in [3.8, 4) is 0 Å². The zero-order chi connectivity index (χ0) is 10.7. The maximum atomic E-state index is 6.13. The maximum Gasteiger partial charge on any atom is 0.113 e. The van der Waals surface area contributed by atoms with E-state index in [1.807, 2.05) is 0 Å². The summed E-state index contributed by atoms with van der Waals surface area (Å²) in [7, 11) is 0. The summed E-state index contributed by atoms with van der Waals surface area (Å²) in [5.74, 6) is 0.826. The van der Waals surface area contributed by atoms with E-state index in [0.717, 1.165) is 5.92 Å². The van der Waals surface area contributed by atoms with Crippen LogP contribution in [0.2, 0.25) is 0 Å². The molecule has 0 aromatic carbocycles. The van der Waals surface area contributed by atoms with Crippen LogP contribution < -0.4 is 0 Å². The molecular formula is C13H25NO. The fourth-order valence-corrected chi connectivity index (χ4v) is 2.96. The summed E-state index contributed by atoms with van der Waals surface area (Å²) < 4.78 is 6.13. The van der Waals surface area contributed by atoms with Gasteiger partial charge in [0.15, 0.2) is 0 Å². The third kappa shape index (κ3) is 2.73. The Labute approximate surface area is 94.0 Å². The van der Waals surface area contributed by atoms with Gasteiger partial charge >= 0.3 is 0 Å². The molecule has 0 unspecified atom stereocenters. The van der Waals surface area contributed by atoms with Crippen LogP contribution in [0.1, 0.15) is 52.4 Å². The number of hydrogen-bond acceptors (Lipinski definition) is 2. The molecule has 2 fully saturated rings. The first-order chi connectivity index (χ1) is 7.31. The molecule has 15 heavy (non-hydrogen) atoms. The molecule has 0 spiro atoms. The summed E-state index contributed by atoms with van der Waals surface area (Å²) in [5.41, 5.74) is 0. The number of nitrogens with zero attached hydrogens (tertiary/aromatic N) is 1. The molecule has 0 N–H and O–H groups in total. The number of unbranched alkanes of at least 4 members (excludes halogenated alkanes) is 1. The first kappa shape index (κ1) is 11.4. The van der Waals surface area contributed by atoms with Gasteiger partial charge in [0, 0.05) is 13.1 Å². The van der Waals surface area contributed by atoms with Gasteiger partial charge in [0.25, 0.3) is 0 Å². The topological polar surface area (TPSA) is 12.5 Å². The minimum absolute atomic E-state index is 0.453. The fraction of sp³-hybridized carbons (Fsp3) is 1.00. The molecule has 2 nitrogen and oxygen atoms in total. The van der Waals surface area contributed by atoms with Crippen LogP contribution in [0.3, 0.4) is 0 Å². The molecule has 3 atom stereocenters. The minimum atomic E-state index is 0.453. The molecule has 0 radical (unpaired) electrons. The lowest BCUT2D eigenvalue weighted by Gasteiger charge is -2.45. The number of hydrogen-bond donors (Lipinski definition) is 0. The lowest BCUT2D eigenvalue weighted by Crippen LogP contribution is -2.50. The summed E-state index contributed by atoms with van der Waals surface area (Å²) in [4.78, 5) is 2.59. The van der Waals surface area contributed by atoms with Gasteiger partial charge in [-0.1, -0.05) is 13.3 Å². The Bertz CT molecular complexity index is 195. The second kappa shape index (κ2) is 5.31. The van der Waals surface area contributed by atoms with Crippen molar-refractivity contribution >= 4 is 0 Å². The summed E-state index contributed by atoms with van der Waals surface area (Å²) in [6.07, 6.45) is 8.96. The van der Waals surface area contributed by atoms with Gasteiger partial charge in [0.05, 0.1) is 6.10 Å². The van der Waals surface area contributed by atoms with E-state index < -0.39 is 0 Å². The summed E-state index contributed by atoms with van der Waals surface area (Å²) in [6, 6.07) is 0. The Balaban J connectivity index is 1.91. The first-order valence-electron chi connectivity index (χ1n) is 6.70. The average molecular weight is 211 g/mol. The van der Waals surface area contributed by atoms with Crippen LogP contribution in [0.15, 0.2) is 0 Å². The number of likely N-dealkylation sites (tertiary alicyclic amines) is 1. The van der Waals surface area contributed by atoms with E-state index in [-0.39, 0.29) is 0 Å². The monoisotopic (exact) mass is 211 g/mol. The third-order valence-corrected chi connectivity index (χ3v) is 3.90. The van der Waals surface area contributed by atoms with E-state index in [9.17, 15) is 0 Å². The van der Waals surface area contributed by atoms with Crippen molar-refractivity contribution in [2.24, 2.45) is 5.92 Å². The fourth-order valence-electron chi connectivity index (χ4n) is 2.96. The van der Waals surface area contributed by atoms with E-state index in [4.69, 9.17) is 4.74 Å². The highest BCUT2D eigenvalue weighted by molar-refractivity contribution is 4.82. The van der Waals surface area contributed by atoms with Gasteiger partial charge in [-0.05, 0) is 44.9 Å². The average Bonchev–Trinajstić information content (AvgIpc) is 2.26. The van der Waals surface area contributed by atoms with E-state index in [0.29, 0.717) is 12.3 Å². The van der Waals surface area contributed by atoms with Gasteiger partial charge in [-0.2, -0.15) is 0 Å². The van der Waals surface area contributed by atoms with Crippen molar-refractivity contribution in [2.45, 2.75) is 64.7 Å². The molecule has 0 aromatic rings. The highest BCUT2D eigenvalue weighted by Crippen LogP contribution is 2.34. The number of rotatable bonds is 3. The molecular weight excluding hydrogens is 186 g/mol. The van der Waals surface area contributed by atoms with Gasteiger partial charge in [-0.15, -0.1) is 0 Å². The smallest absolute Gasteiger partial charge is 0.113 e. The standard InChI is InChI=1S/C13H25NO/c1-3-4-9-14-10-5-6-12-8-7-11(2)15-13(12)14/h11-13H,3-10H2,1-2H3/t11-,12-,13-/m1/s1. The number of piperidine rings is 1. The van der Waals surface area contributed by atoms with Gasteiger partial charge in [-0.3, -0.25) is 4.90 Å². The largest absolute Gasteiger partial charge is 0.360 e. The highest BCUT2D eigenvalue weighted by atomic mass is 16.5. The molecule has 2 heterocycles. The third-order valence-electron chi connectivity index (χ3n) is 3.90. The van der Waals surface area contributed by atoms with Crippen LogP contribution in [-0.2, 0) is 4.74 Å². The Hall–Kier alpha value is -0.0800. The normalized spacial score (nSPS) is 37.6. The Morgan fingerprint density at radius 2 is 2.13 bits per heavy atom. The van der Waals surface area contributed by atoms with Crippen LogP contribution in [0, 0.1) is 5.92 Å². The quantitative estimate of drug-likeness (QED) is 0.711. The Morgan fingerprint density at radius 1 is 1.27 bits per heavy atom. The van der Waals surface area contributed by atoms with Gasteiger partial charge < -0.3 is 4.74 Å². The molecule has 0 aromatic heterocycles. The lowest BCUT2D eigenvalue weighted by atomic mass is 9.88. The molecule has 2 saturated heterocycles. The SMILES string of the molecule is CCCCN1CCC[C@@H]2CC[C@@H](C)O[C@H]21. The predicted molar refractivity (Wildman–Crippen MR) is 62.8 cm³/mol. The van der Waals surface area contributed by atoms with E-state index in [1.54, 1.807) is 0 Å². The van der Waals surface area contributed by atoms with E-state index in [1.165, 1.54) is 51.6 Å². The summed E-state index contributed by atoms with van der Waals surface area (Å²) in [6.45, 7) is 6.99. The second-order valence-corrected chi connectivity index (χ2v) is 5.21. The maximum absolute atomic E-state index is 6.13. The van der Waals surface area contributed by atoms with E-state index >= 15 is 0 Å². The molecule has 0 saturated carbocycles. The highest BCUT2D eigenvalue weighted by Gasteiger charge is 2.35. The minimum Gasteiger partial charge on any atom is -0.360 e. The van der Waals surface area contributed by atoms with Crippen LogP contribution >= 0.6 is 0 Å². The molecule has 0 aliphatic carbocycles. The Morgan fingerprint density at radius 3 is 2.93 bits per heavy atom. The Kier molecular flexibility index (Phi) is 4.04. The predicted octanol–water partition coefficient (Wildman–Crippen LogP) is 3.02. The van der Waals surface area contributed by atoms with Gasteiger partial charge in [0.1, 0.15) is 6.23 Å². The van der Waals surface area contributed by atoms with Crippen LogP contribution in [0.4, 0.5) is 0 Å². The molecule has 2 aliphatic rings. The molecule has 0 bridgehead atoms. The van der Waals surface area contributed by atoms with E-state index in [2.05, 4.69) is 18.7 Å². The van der Waals surface area contributed by atoms with Crippen molar-refractivity contribution in [2.75, 3.05) is 13.1 Å². The zero-order valence-corrected chi connectivity index (χ0v) is 10.2. The number of fused-ring (bicyclic) bond motifs is 1. The lowest BCUT2D eigenvalue weighted by molar-refractivity contribution is -0.169. The molecule has 88 valence electrons. The van der Waals surface area contributed by atoms with Gasteiger partial charge in [0.2, 0.25) is 0 Å². The summed E-state index contributed by atoms with van der Waals surface area (Å²) >= 11 is 0. The molecule has 2 heteroatoms. The molecule has 2 rings (SSSR count). The summed E-state index contributed by atoms with van der Waals surface area (Å²) in [5, 5.41) is 0. The number of ether oxygens (including phenoxy) is 1. The van der Waals surface area contributed by atoms with Crippen LogP contribution in [-0.4, -0.2) is 30.3 Å². The van der Waals surface area contributed by atoms with Gasteiger partial charge in [-0.25, -0.2) is 0 Å². The van der Waals surface area contributed by atoms with Crippen LogP contribution in [0.5, 0.6) is 0 Å². The van der Waals surface area contributed by atoms with Crippen molar-refractivity contribution in [3.05, 3.63) is 0 Å². The van der Waals surface area contributed by atoms with Crippen molar-refractivity contribution in [1.29, 1.82) is 0 Å². The van der Waals surface area contributed by atoms with Crippen LogP contribution in [0.25, 0.3) is 0 Å². The van der Waals surface area contributed by atoms with Crippen molar-refractivity contribution in [3.63, 3.8) is 0 Å². The molecule has 2 aliphatic heterocycles. The van der Waals surface area contributed by atoms with Crippen molar-refractivity contribution < 1.29 is 4.74 Å².